The number of benzene rings is 1. The number of hydrogen-bond donors (Lipinski definition) is 3. The molecule has 0 spiro atoms. The van der Waals surface area contributed by atoms with E-state index in [1.165, 1.54) is 19.0 Å². The van der Waals surface area contributed by atoms with Crippen LogP contribution in [-0.4, -0.2) is 69.9 Å². The van der Waals surface area contributed by atoms with Crippen molar-refractivity contribution in [3.63, 3.8) is 0 Å². The zero-order valence-corrected chi connectivity index (χ0v) is 17.1. The number of nitrogens with zero attached hydrogens (tertiary/aromatic N) is 1. The van der Waals surface area contributed by atoms with Gasteiger partial charge in [0.1, 0.15) is 5.82 Å². The molecule has 0 aromatic heterocycles. The predicted molar refractivity (Wildman–Crippen MR) is 101 cm³/mol. The average molecular weight is 450 g/mol. The Balaban J connectivity index is 1.89. The number of Topliss-reactive ketones (excluding diaryl/α,β-unsaturated/α-hetero) is 4. The molecule has 6 atom stereocenters. The Morgan fingerprint density at radius 1 is 1.16 bits per heavy atom. The summed E-state index contributed by atoms with van der Waals surface area (Å²) >= 11 is 0. The number of halogens is 2. The number of aliphatic hydroxyl groups is 1. The van der Waals surface area contributed by atoms with Gasteiger partial charge in [-0.3, -0.25) is 28.9 Å². The molecule has 2 fully saturated rings. The first kappa shape index (κ1) is 22.2. The van der Waals surface area contributed by atoms with Gasteiger partial charge in [0.2, 0.25) is 5.91 Å². The number of carbonyl (C=O) groups excluding carboxylic acids is 5. The minimum atomic E-state index is -2.88. The molecule has 4 rings (SSSR count). The van der Waals surface area contributed by atoms with E-state index in [1.54, 1.807) is 0 Å². The van der Waals surface area contributed by atoms with Gasteiger partial charge in [0.15, 0.2) is 46.2 Å². The van der Waals surface area contributed by atoms with Crippen LogP contribution >= 0.6 is 0 Å². The summed E-state index contributed by atoms with van der Waals surface area (Å²) in [6.45, 7) is 0. The molecule has 2 unspecified atom stereocenters. The SMILES string of the molecule is CN(C)[C@@H]1C(=O)C(C(N)=O)C(=O)[C@@]2(O)C(=O)C3C(=O)c4c(O)c(F)cc(F)c4C[C@H]3C[C@@H]12. The van der Waals surface area contributed by atoms with E-state index in [0.29, 0.717) is 6.07 Å². The number of amides is 1. The molecule has 0 saturated heterocycles. The topological polar surface area (TPSA) is 155 Å². The van der Waals surface area contributed by atoms with Gasteiger partial charge < -0.3 is 15.9 Å². The third-order valence-corrected chi connectivity index (χ3v) is 6.96. The van der Waals surface area contributed by atoms with Crippen LogP contribution in [0.4, 0.5) is 8.78 Å². The van der Waals surface area contributed by atoms with E-state index in [-0.39, 0.29) is 18.4 Å². The summed E-state index contributed by atoms with van der Waals surface area (Å²) < 4.78 is 28.3. The third kappa shape index (κ3) is 2.64. The van der Waals surface area contributed by atoms with Gasteiger partial charge in [0.25, 0.3) is 0 Å². The number of rotatable bonds is 2. The number of ketones is 4. The molecule has 1 amide bonds. The van der Waals surface area contributed by atoms with Gasteiger partial charge >= 0.3 is 0 Å². The molecule has 0 bridgehead atoms. The normalized spacial score (nSPS) is 34.2. The summed E-state index contributed by atoms with van der Waals surface area (Å²) in [5.41, 5.74) is 1.34. The third-order valence-electron chi connectivity index (χ3n) is 6.96. The number of carbonyl (C=O) groups is 5. The van der Waals surface area contributed by atoms with Crippen molar-refractivity contribution in [2.24, 2.45) is 29.4 Å². The van der Waals surface area contributed by atoms with E-state index < -0.39 is 87.3 Å². The van der Waals surface area contributed by atoms with Gasteiger partial charge in [-0.1, -0.05) is 0 Å². The van der Waals surface area contributed by atoms with Crippen LogP contribution in [0.1, 0.15) is 22.3 Å². The molecule has 1 aromatic carbocycles. The van der Waals surface area contributed by atoms with Gasteiger partial charge in [-0.2, -0.15) is 0 Å². The van der Waals surface area contributed by atoms with Crippen molar-refractivity contribution in [3.8, 4) is 5.75 Å². The Bertz CT molecular complexity index is 1120. The zero-order valence-electron chi connectivity index (χ0n) is 17.1. The van der Waals surface area contributed by atoms with Crippen LogP contribution in [0, 0.1) is 35.3 Å². The van der Waals surface area contributed by atoms with Gasteiger partial charge in [0, 0.05) is 17.5 Å². The number of fused-ring (bicyclic) bond motifs is 3. The number of nitrogens with two attached hydrogens (primary N) is 1. The summed E-state index contributed by atoms with van der Waals surface area (Å²) in [5.74, 6) is -15.6. The van der Waals surface area contributed by atoms with Crippen LogP contribution in [0.5, 0.6) is 5.75 Å². The van der Waals surface area contributed by atoms with Gasteiger partial charge in [-0.25, -0.2) is 8.78 Å². The van der Waals surface area contributed by atoms with Crippen LogP contribution in [0.3, 0.4) is 0 Å². The van der Waals surface area contributed by atoms with Crippen LogP contribution in [-0.2, 0) is 25.6 Å². The number of hydrogen-bond acceptors (Lipinski definition) is 8. The number of phenolic OH excluding ortho intramolecular Hbond substituents is 1. The first-order chi connectivity index (χ1) is 14.8. The second-order valence-electron chi connectivity index (χ2n) is 8.83. The highest BCUT2D eigenvalue weighted by Gasteiger charge is 2.69. The van der Waals surface area contributed by atoms with E-state index in [2.05, 4.69) is 0 Å². The van der Waals surface area contributed by atoms with E-state index in [4.69, 9.17) is 5.73 Å². The van der Waals surface area contributed by atoms with Crippen molar-refractivity contribution < 1.29 is 43.0 Å². The quantitative estimate of drug-likeness (QED) is 0.492. The first-order valence-corrected chi connectivity index (χ1v) is 9.88. The van der Waals surface area contributed by atoms with Crippen LogP contribution in [0.25, 0.3) is 0 Å². The van der Waals surface area contributed by atoms with E-state index in [0.717, 1.165) is 0 Å². The first-order valence-electron chi connectivity index (χ1n) is 9.88. The fraction of sp³-hybridized carbons (Fsp3) is 0.476. The molecule has 0 heterocycles. The molecule has 3 aliphatic carbocycles. The molecule has 4 N–H and O–H groups in total. The largest absolute Gasteiger partial charge is 0.504 e. The Hall–Kier alpha value is -3.05. The highest BCUT2D eigenvalue weighted by atomic mass is 19.1. The lowest BCUT2D eigenvalue weighted by molar-refractivity contribution is -0.181. The smallest absolute Gasteiger partial charge is 0.235 e. The van der Waals surface area contributed by atoms with Crippen molar-refractivity contribution in [2.45, 2.75) is 24.5 Å². The molecule has 0 radical (unpaired) electrons. The zero-order chi connectivity index (χ0) is 23.9. The highest BCUT2D eigenvalue weighted by molar-refractivity contribution is 6.32. The Morgan fingerprint density at radius 3 is 2.34 bits per heavy atom. The summed E-state index contributed by atoms with van der Waals surface area (Å²) in [6, 6.07) is -0.820. The fourth-order valence-corrected chi connectivity index (χ4v) is 5.60. The lowest BCUT2D eigenvalue weighted by Gasteiger charge is -2.52. The fourth-order valence-electron chi connectivity index (χ4n) is 5.60. The van der Waals surface area contributed by atoms with E-state index >= 15 is 0 Å². The molecule has 11 heteroatoms. The molecule has 3 aliphatic rings. The molecule has 32 heavy (non-hydrogen) atoms. The van der Waals surface area contributed by atoms with Crippen LogP contribution < -0.4 is 5.73 Å². The number of phenols is 1. The Morgan fingerprint density at radius 2 is 1.78 bits per heavy atom. The Labute approximate surface area is 180 Å². The molecule has 170 valence electrons. The molecule has 0 aliphatic heterocycles. The summed E-state index contributed by atoms with van der Waals surface area (Å²) in [6.07, 6.45) is -0.465. The molecular formula is C21H20F2N2O7. The lowest BCUT2D eigenvalue weighted by Crippen LogP contribution is -2.74. The average Bonchev–Trinajstić information content (AvgIpc) is 2.68. The molecule has 1 aromatic rings. The maximum Gasteiger partial charge on any atom is 0.235 e. The van der Waals surface area contributed by atoms with E-state index in [9.17, 15) is 43.0 Å². The van der Waals surface area contributed by atoms with Crippen LogP contribution in [0.2, 0.25) is 0 Å². The maximum atomic E-state index is 14.4. The molecular weight excluding hydrogens is 430 g/mol. The van der Waals surface area contributed by atoms with Crippen molar-refractivity contribution in [2.75, 3.05) is 14.1 Å². The minimum Gasteiger partial charge on any atom is -0.504 e. The standard InChI is InChI=1S/C21H20F2N2O7/c1-25(2)14-8-4-6-3-7-9(22)5-10(23)15(26)12(7)16(27)11(6)18(29)21(8,32)19(30)13(17(14)28)20(24)31/h5-6,8,11,13-14,26,32H,3-4H2,1-2H3,(H2,24,31)/t6-,8-,11?,13?,14-,21-/m0/s1. The summed E-state index contributed by atoms with van der Waals surface area (Å²) in [7, 11) is 2.91. The van der Waals surface area contributed by atoms with Crippen molar-refractivity contribution in [1.82, 2.24) is 4.90 Å². The number of primary amides is 1. The van der Waals surface area contributed by atoms with Gasteiger partial charge in [-0.15, -0.1) is 0 Å². The van der Waals surface area contributed by atoms with Crippen molar-refractivity contribution >= 4 is 29.0 Å². The van der Waals surface area contributed by atoms with Gasteiger partial charge in [-0.05, 0) is 32.9 Å². The Kier molecular flexibility index (Phi) is 4.83. The van der Waals surface area contributed by atoms with E-state index in [1.807, 2.05) is 0 Å². The second kappa shape index (κ2) is 6.97. The molecule has 2 saturated carbocycles. The summed E-state index contributed by atoms with van der Waals surface area (Å²) in [5, 5.41) is 21.3. The van der Waals surface area contributed by atoms with Crippen LogP contribution in [0.15, 0.2) is 6.07 Å². The lowest BCUT2D eigenvalue weighted by atomic mass is 9.52. The second-order valence-corrected chi connectivity index (χ2v) is 8.83. The number of likely N-dealkylation sites (N-methyl/N-ethyl adjacent to an activating group) is 1. The predicted octanol–water partition coefficient (Wildman–Crippen LogP) is -0.855. The maximum absolute atomic E-state index is 14.4. The monoisotopic (exact) mass is 450 g/mol. The van der Waals surface area contributed by atoms with Gasteiger partial charge in [0.05, 0.1) is 17.5 Å². The van der Waals surface area contributed by atoms with Crippen molar-refractivity contribution in [3.05, 3.63) is 28.8 Å². The minimum absolute atomic E-state index is 0.207. The highest BCUT2D eigenvalue weighted by Crippen LogP contribution is 2.51. The summed E-state index contributed by atoms with van der Waals surface area (Å²) in [4.78, 5) is 65.6. The van der Waals surface area contributed by atoms with Crippen molar-refractivity contribution in [1.29, 1.82) is 0 Å². The molecule has 9 nitrogen and oxygen atoms in total. The number of aromatic hydroxyl groups is 1.